The molecular weight excluding hydrogens is 456 g/mol. The second kappa shape index (κ2) is 10.5. The Balaban J connectivity index is 1.46. The van der Waals surface area contributed by atoms with Crippen LogP contribution in [0.2, 0.25) is 0 Å². The van der Waals surface area contributed by atoms with Gasteiger partial charge >= 0.3 is 0 Å². The van der Waals surface area contributed by atoms with Crippen molar-refractivity contribution in [2.45, 2.75) is 6.10 Å². The first-order valence-electron chi connectivity index (χ1n) is 11.6. The Morgan fingerprint density at radius 3 is 2.89 bits per heavy atom. The number of amides is 1. The minimum Gasteiger partial charge on any atom is -0.480 e. The molecule has 2 aromatic carbocycles. The van der Waals surface area contributed by atoms with E-state index >= 15 is 0 Å². The highest BCUT2D eigenvalue weighted by Gasteiger charge is 2.19. The van der Waals surface area contributed by atoms with E-state index in [1.54, 1.807) is 13.3 Å². The number of nitrogens with zero attached hydrogens (tertiary/aromatic N) is 3. The van der Waals surface area contributed by atoms with Crippen molar-refractivity contribution in [1.82, 2.24) is 20.3 Å². The average Bonchev–Trinajstić information content (AvgIpc) is 2.93. The minimum absolute atomic E-state index is 0.117. The van der Waals surface area contributed by atoms with Gasteiger partial charge in [0.15, 0.2) is 0 Å². The molecule has 0 bridgehead atoms. The molecule has 36 heavy (non-hydrogen) atoms. The van der Waals surface area contributed by atoms with Gasteiger partial charge < -0.3 is 25.4 Å². The Labute approximate surface area is 208 Å². The molecule has 0 aliphatic carbocycles. The molecule has 1 fully saturated rings. The van der Waals surface area contributed by atoms with Crippen molar-refractivity contribution in [2.24, 2.45) is 0 Å². The zero-order chi connectivity index (χ0) is 24.9. The molecule has 1 saturated heterocycles. The van der Waals surface area contributed by atoms with Crippen molar-refractivity contribution in [1.29, 1.82) is 0 Å². The second-order valence-corrected chi connectivity index (χ2v) is 8.19. The van der Waals surface area contributed by atoms with Crippen LogP contribution in [0.15, 0.2) is 73.4 Å². The fraction of sp³-hybridized carbons (Fsp3) is 0.185. The van der Waals surface area contributed by atoms with E-state index in [2.05, 4.69) is 32.5 Å². The lowest BCUT2D eigenvalue weighted by Gasteiger charge is -2.23. The van der Waals surface area contributed by atoms with Crippen LogP contribution in [0.3, 0.4) is 0 Å². The number of ether oxygens (including phenoxy) is 2. The maximum atomic E-state index is 11.7. The SMILES string of the molecule is C=CC(=O)Nc1cccc(-c2cccc3cnc(Nc4ccc(C5CNCCO5)nc4OC)nc23)c1. The van der Waals surface area contributed by atoms with E-state index in [-0.39, 0.29) is 12.0 Å². The quantitative estimate of drug-likeness (QED) is 0.336. The van der Waals surface area contributed by atoms with Gasteiger partial charge in [0, 0.05) is 35.9 Å². The molecule has 2 aromatic heterocycles. The predicted molar refractivity (Wildman–Crippen MR) is 139 cm³/mol. The van der Waals surface area contributed by atoms with Gasteiger partial charge in [-0.05, 0) is 35.9 Å². The number of pyridine rings is 1. The van der Waals surface area contributed by atoms with E-state index in [1.807, 2.05) is 54.6 Å². The summed E-state index contributed by atoms with van der Waals surface area (Å²) in [4.78, 5) is 25.7. The van der Waals surface area contributed by atoms with Crippen LogP contribution in [0, 0.1) is 0 Å². The van der Waals surface area contributed by atoms with Crippen molar-refractivity contribution in [3.63, 3.8) is 0 Å². The van der Waals surface area contributed by atoms with Gasteiger partial charge in [-0.25, -0.2) is 15.0 Å². The summed E-state index contributed by atoms with van der Waals surface area (Å²) < 4.78 is 11.3. The van der Waals surface area contributed by atoms with Gasteiger partial charge in [0.25, 0.3) is 0 Å². The number of rotatable bonds is 7. The molecule has 0 saturated carbocycles. The van der Waals surface area contributed by atoms with Crippen LogP contribution in [-0.4, -0.2) is 47.7 Å². The molecule has 182 valence electrons. The largest absolute Gasteiger partial charge is 0.480 e. The highest BCUT2D eigenvalue weighted by molar-refractivity contribution is 6.00. The van der Waals surface area contributed by atoms with Gasteiger partial charge in [-0.15, -0.1) is 0 Å². The summed E-state index contributed by atoms with van der Waals surface area (Å²) in [5, 5.41) is 10.2. The maximum absolute atomic E-state index is 11.7. The van der Waals surface area contributed by atoms with Crippen molar-refractivity contribution in [2.75, 3.05) is 37.4 Å². The van der Waals surface area contributed by atoms with Gasteiger partial charge in [-0.1, -0.05) is 36.9 Å². The number of anilines is 3. The predicted octanol–water partition coefficient (Wildman–Crippen LogP) is 4.23. The van der Waals surface area contributed by atoms with E-state index in [9.17, 15) is 4.79 Å². The first kappa shape index (κ1) is 23.4. The zero-order valence-corrected chi connectivity index (χ0v) is 19.8. The third kappa shape index (κ3) is 5.02. The Morgan fingerprint density at radius 1 is 1.19 bits per heavy atom. The highest BCUT2D eigenvalue weighted by atomic mass is 16.5. The molecule has 4 aromatic rings. The van der Waals surface area contributed by atoms with Crippen molar-refractivity contribution >= 4 is 34.1 Å². The summed E-state index contributed by atoms with van der Waals surface area (Å²) in [6.45, 7) is 5.69. The smallest absolute Gasteiger partial charge is 0.247 e. The Morgan fingerprint density at radius 2 is 2.08 bits per heavy atom. The van der Waals surface area contributed by atoms with E-state index in [0.29, 0.717) is 36.4 Å². The third-order valence-electron chi connectivity index (χ3n) is 5.82. The van der Waals surface area contributed by atoms with Gasteiger partial charge in [-0.2, -0.15) is 0 Å². The molecule has 0 radical (unpaired) electrons. The summed E-state index contributed by atoms with van der Waals surface area (Å²) >= 11 is 0. The topological polar surface area (TPSA) is 110 Å². The molecule has 5 rings (SSSR count). The molecule has 1 unspecified atom stereocenters. The van der Waals surface area contributed by atoms with Gasteiger partial charge in [0.05, 0.1) is 24.9 Å². The minimum atomic E-state index is -0.265. The molecule has 1 aliphatic rings. The molecule has 3 heterocycles. The van der Waals surface area contributed by atoms with Crippen LogP contribution >= 0.6 is 0 Å². The van der Waals surface area contributed by atoms with Crippen molar-refractivity contribution < 1.29 is 14.3 Å². The van der Waals surface area contributed by atoms with Gasteiger partial charge in [-0.3, -0.25) is 4.79 Å². The number of nitrogens with one attached hydrogen (secondary N) is 3. The fourth-order valence-electron chi connectivity index (χ4n) is 4.07. The first-order chi connectivity index (χ1) is 17.6. The van der Waals surface area contributed by atoms with E-state index in [4.69, 9.17) is 14.5 Å². The molecular formula is C27H26N6O3. The molecule has 1 amide bonds. The lowest BCUT2D eigenvalue weighted by atomic mass is 10.0. The number of benzene rings is 2. The number of carbonyl (C=O) groups is 1. The molecule has 9 heteroatoms. The molecule has 1 atom stereocenters. The van der Waals surface area contributed by atoms with E-state index in [0.717, 1.165) is 34.3 Å². The Kier molecular flexibility index (Phi) is 6.83. The highest BCUT2D eigenvalue weighted by Crippen LogP contribution is 2.31. The molecule has 0 spiro atoms. The number of hydrogen-bond acceptors (Lipinski definition) is 8. The number of aromatic nitrogens is 3. The number of fused-ring (bicyclic) bond motifs is 1. The standard InChI is InChI=1S/C27H26N6O3/c1-3-24(34)30-19-8-4-6-17(14-19)20-9-5-7-18-15-29-27(33-25(18)20)32-22-11-10-21(31-26(22)35-2)23-16-28-12-13-36-23/h3-11,14-15,23,28H,1,12-13,16H2,2H3,(H,30,34)(H,29,32,33). The van der Waals surface area contributed by atoms with Crippen molar-refractivity contribution in [3.8, 4) is 17.0 Å². The monoisotopic (exact) mass is 482 g/mol. The number of methoxy groups -OCH3 is 1. The summed E-state index contributed by atoms with van der Waals surface area (Å²) in [5.41, 5.74) is 4.72. The van der Waals surface area contributed by atoms with Crippen LogP contribution in [0.25, 0.3) is 22.0 Å². The second-order valence-electron chi connectivity index (χ2n) is 8.19. The summed E-state index contributed by atoms with van der Waals surface area (Å²) in [6, 6.07) is 17.3. The van der Waals surface area contributed by atoms with Crippen molar-refractivity contribution in [3.05, 3.63) is 79.1 Å². The maximum Gasteiger partial charge on any atom is 0.247 e. The van der Waals surface area contributed by atoms with Crippen LogP contribution in [0.1, 0.15) is 11.8 Å². The lowest BCUT2D eigenvalue weighted by Crippen LogP contribution is -2.33. The number of carbonyl (C=O) groups excluding carboxylic acids is 1. The zero-order valence-electron chi connectivity index (χ0n) is 19.8. The third-order valence-corrected chi connectivity index (χ3v) is 5.82. The summed E-state index contributed by atoms with van der Waals surface area (Å²) in [5.74, 6) is 0.581. The fourth-order valence-corrected chi connectivity index (χ4v) is 4.07. The Bertz CT molecular complexity index is 1420. The molecule has 9 nitrogen and oxygen atoms in total. The number of hydrogen-bond donors (Lipinski definition) is 3. The molecule has 3 N–H and O–H groups in total. The average molecular weight is 483 g/mol. The lowest BCUT2D eigenvalue weighted by molar-refractivity contribution is -0.111. The van der Waals surface area contributed by atoms with Gasteiger partial charge in [0.1, 0.15) is 11.8 Å². The first-order valence-corrected chi connectivity index (χ1v) is 11.6. The van der Waals surface area contributed by atoms with E-state index in [1.165, 1.54) is 6.08 Å². The van der Waals surface area contributed by atoms with E-state index < -0.39 is 0 Å². The van der Waals surface area contributed by atoms with Crippen LogP contribution < -0.4 is 20.7 Å². The van der Waals surface area contributed by atoms with Crippen LogP contribution in [-0.2, 0) is 9.53 Å². The molecule has 1 aliphatic heterocycles. The Hall–Kier alpha value is -4.34. The number of para-hydroxylation sites is 1. The summed E-state index contributed by atoms with van der Waals surface area (Å²) in [7, 11) is 1.58. The van der Waals surface area contributed by atoms with Crippen LogP contribution in [0.4, 0.5) is 17.3 Å². The number of morpholine rings is 1. The summed E-state index contributed by atoms with van der Waals surface area (Å²) in [6.07, 6.45) is 2.89. The van der Waals surface area contributed by atoms with Gasteiger partial charge in [0.2, 0.25) is 17.7 Å². The van der Waals surface area contributed by atoms with Crippen LogP contribution in [0.5, 0.6) is 5.88 Å². The normalized spacial score (nSPS) is 15.3.